The first kappa shape index (κ1) is 11.4. The maximum Gasteiger partial charge on any atom is 0.201 e. The number of hydrogen-bond acceptors (Lipinski definition) is 3. The Balaban J connectivity index is 2.04. The number of ether oxygens (including phenoxy) is 1. The van der Waals surface area contributed by atoms with Crippen molar-refractivity contribution in [2.75, 3.05) is 12.8 Å². The fourth-order valence-corrected chi connectivity index (χ4v) is 2.62. The molecular weight excluding hydrogens is 226 g/mol. The van der Waals surface area contributed by atoms with Crippen LogP contribution in [-0.4, -0.2) is 16.7 Å². The molecule has 0 radical (unpaired) electrons. The lowest BCUT2D eigenvalue weighted by atomic mass is 10.1. The summed E-state index contributed by atoms with van der Waals surface area (Å²) in [6, 6.07) is 6.30. The zero-order valence-electron chi connectivity index (χ0n) is 10.9. The topological polar surface area (TPSA) is 53.1 Å². The second-order valence-corrected chi connectivity index (χ2v) is 5.22. The van der Waals surface area contributed by atoms with Crippen LogP contribution < -0.4 is 10.5 Å². The van der Waals surface area contributed by atoms with Crippen LogP contribution in [0.1, 0.15) is 32.2 Å². The standard InChI is InChI=1S/C14H19N3O/c1-9(7-10-3-4-10)17-13-8-11(18-2)5-6-12(13)16-14(17)15/h5-6,8-10H,3-4,7H2,1-2H3,(H2,15,16). The summed E-state index contributed by atoms with van der Waals surface area (Å²) in [5.41, 5.74) is 8.06. The van der Waals surface area contributed by atoms with E-state index in [1.54, 1.807) is 7.11 Å². The van der Waals surface area contributed by atoms with Gasteiger partial charge in [-0.15, -0.1) is 0 Å². The Bertz CT molecular complexity index is 572. The summed E-state index contributed by atoms with van der Waals surface area (Å²) in [6.07, 6.45) is 3.91. The smallest absolute Gasteiger partial charge is 0.201 e. The van der Waals surface area contributed by atoms with Crippen LogP contribution in [0.3, 0.4) is 0 Å². The molecule has 1 aliphatic carbocycles. The molecule has 0 aliphatic heterocycles. The monoisotopic (exact) mass is 245 g/mol. The Morgan fingerprint density at radius 1 is 1.50 bits per heavy atom. The van der Waals surface area contributed by atoms with Gasteiger partial charge in [0.25, 0.3) is 0 Å². The summed E-state index contributed by atoms with van der Waals surface area (Å²) in [7, 11) is 1.68. The summed E-state index contributed by atoms with van der Waals surface area (Å²) < 4.78 is 7.41. The number of benzene rings is 1. The Hall–Kier alpha value is -1.71. The Labute approximate surface area is 107 Å². The molecule has 0 saturated heterocycles. The van der Waals surface area contributed by atoms with Crippen molar-refractivity contribution in [1.82, 2.24) is 9.55 Å². The van der Waals surface area contributed by atoms with E-state index in [0.29, 0.717) is 12.0 Å². The van der Waals surface area contributed by atoms with Crippen LogP contribution in [0, 0.1) is 5.92 Å². The number of anilines is 1. The number of methoxy groups -OCH3 is 1. The van der Waals surface area contributed by atoms with Crippen molar-refractivity contribution in [3.63, 3.8) is 0 Å². The molecule has 18 heavy (non-hydrogen) atoms. The van der Waals surface area contributed by atoms with Gasteiger partial charge in [-0.3, -0.25) is 0 Å². The second-order valence-electron chi connectivity index (χ2n) is 5.22. The molecule has 1 saturated carbocycles. The zero-order valence-corrected chi connectivity index (χ0v) is 10.9. The van der Waals surface area contributed by atoms with Gasteiger partial charge >= 0.3 is 0 Å². The van der Waals surface area contributed by atoms with E-state index in [4.69, 9.17) is 10.5 Å². The first-order chi connectivity index (χ1) is 8.69. The van der Waals surface area contributed by atoms with Crippen LogP contribution in [0.15, 0.2) is 18.2 Å². The molecule has 2 aromatic rings. The molecule has 1 aliphatic rings. The Kier molecular flexibility index (Phi) is 2.65. The summed E-state index contributed by atoms with van der Waals surface area (Å²) >= 11 is 0. The van der Waals surface area contributed by atoms with E-state index < -0.39 is 0 Å². The Morgan fingerprint density at radius 3 is 2.94 bits per heavy atom. The van der Waals surface area contributed by atoms with Gasteiger partial charge in [-0.1, -0.05) is 12.8 Å². The molecule has 1 aromatic carbocycles. The third-order valence-corrected chi connectivity index (χ3v) is 3.74. The van der Waals surface area contributed by atoms with Crippen LogP contribution in [-0.2, 0) is 0 Å². The van der Waals surface area contributed by atoms with Crippen molar-refractivity contribution >= 4 is 17.0 Å². The number of nitrogen functional groups attached to an aromatic ring is 1. The highest BCUT2D eigenvalue weighted by Gasteiger charge is 2.25. The lowest BCUT2D eigenvalue weighted by Crippen LogP contribution is -2.09. The predicted octanol–water partition coefficient (Wildman–Crippen LogP) is 2.99. The first-order valence-electron chi connectivity index (χ1n) is 6.50. The molecule has 1 aromatic heterocycles. The molecule has 0 bridgehead atoms. The summed E-state index contributed by atoms with van der Waals surface area (Å²) in [6.45, 7) is 2.22. The lowest BCUT2D eigenvalue weighted by Gasteiger charge is -2.15. The molecule has 2 N–H and O–H groups in total. The molecule has 1 fully saturated rings. The number of rotatable bonds is 4. The van der Waals surface area contributed by atoms with Crippen molar-refractivity contribution in [2.45, 2.75) is 32.2 Å². The quantitative estimate of drug-likeness (QED) is 0.901. The number of fused-ring (bicyclic) bond motifs is 1. The summed E-state index contributed by atoms with van der Waals surface area (Å²) in [5.74, 6) is 2.33. The van der Waals surface area contributed by atoms with E-state index in [0.717, 1.165) is 22.7 Å². The molecule has 4 nitrogen and oxygen atoms in total. The zero-order chi connectivity index (χ0) is 12.7. The fourth-order valence-electron chi connectivity index (χ4n) is 2.62. The van der Waals surface area contributed by atoms with Crippen LogP contribution in [0.5, 0.6) is 5.75 Å². The van der Waals surface area contributed by atoms with Gasteiger partial charge in [0.1, 0.15) is 5.75 Å². The number of nitrogens with two attached hydrogens (primary N) is 1. The number of nitrogens with zero attached hydrogens (tertiary/aromatic N) is 2. The minimum atomic E-state index is 0.398. The van der Waals surface area contributed by atoms with Gasteiger partial charge in [0.15, 0.2) is 0 Å². The van der Waals surface area contributed by atoms with Crippen molar-refractivity contribution < 1.29 is 4.74 Å². The lowest BCUT2D eigenvalue weighted by molar-refractivity contribution is 0.415. The maximum atomic E-state index is 6.05. The normalized spacial score (nSPS) is 17.0. The van der Waals surface area contributed by atoms with E-state index in [9.17, 15) is 0 Å². The molecule has 1 atom stereocenters. The van der Waals surface area contributed by atoms with Gasteiger partial charge < -0.3 is 15.0 Å². The minimum Gasteiger partial charge on any atom is -0.497 e. The van der Waals surface area contributed by atoms with Gasteiger partial charge in [0.05, 0.1) is 18.1 Å². The van der Waals surface area contributed by atoms with Crippen molar-refractivity contribution in [3.05, 3.63) is 18.2 Å². The van der Waals surface area contributed by atoms with Gasteiger partial charge in [-0.05, 0) is 31.4 Å². The molecule has 0 amide bonds. The third kappa shape index (κ3) is 1.92. The van der Waals surface area contributed by atoms with E-state index >= 15 is 0 Å². The molecule has 1 unspecified atom stereocenters. The maximum absolute atomic E-state index is 6.05. The van der Waals surface area contributed by atoms with Crippen LogP contribution in [0.2, 0.25) is 0 Å². The third-order valence-electron chi connectivity index (χ3n) is 3.74. The van der Waals surface area contributed by atoms with E-state index in [-0.39, 0.29) is 0 Å². The molecular formula is C14H19N3O. The summed E-state index contributed by atoms with van der Waals surface area (Å²) in [4.78, 5) is 4.42. The number of imidazole rings is 1. The molecule has 1 heterocycles. The second kappa shape index (κ2) is 4.19. The fraction of sp³-hybridized carbons (Fsp3) is 0.500. The summed E-state index contributed by atoms with van der Waals surface area (Å²) in [5, 5.41) is 0. The largest absolute Gasteiger partial charge is 0.497 e. The average molecular weight is 245 g/mol. The van der Waals surface area contributed by atoms with E-state index in [2.05, 4.69) is 16.5 Å². The van der Waals surface area contributed by atoms with E-state index in [1.165, 1.54) is 19.3 Å². The van der Waals surface area contributed by atoms with Crippen molar-refractivity contribution in [2.24, 2.45) is 5.92 Å². The first-order valence-corrected chi connectivity index (χ1v) is 6.50. The van der Waals surface area contributed by atoms with Crippen molar-refractivity contribution in [3.8, 4) is 5.75 Å². The van der Waals surface area contributed by atoms with E-state index in [1.807, 2.05) is 18.2 Å². The number of hydrogen-bond donors (Lipinski definition) is 1. The van der Waals surface area contributed by atoms with Crippen LogP contribution >= 0.6 is 0 Å². The van der Waals surface area contributed by atoms with Crippen molar-refractivity contribution in [1.29, 1.82) is 0 Å². The molecule has 3 rings (SSSR count). The molecule has 0 spiro atoms. The Morgan fingerprint density at radius 2 is 2.28 bits per heavy atom. The van der Waals surface area contributed by atoms with Gasteiger partial charge in [-0.2, -0.15) is 0 Å². The predicted molar refractivity (Wildman–Crippen MR) is 72.7 cm³/mol. The highest BCUT2D eigenvalue weighted by atomic mass is 16.5. The highest BCUT2D eigenvalue weighted by Crippen LogP contribution is 2.38. The van der Waals surface area contributed by atoms with Gasteiger partial charge in [0, 0.05) is 12.1 Å². The molecule has 96 valence electrons. The van der Waals surface area contributed by atoms with Gasteiger partial charge in [-0.25, -0.2) is 4.98 Å². The average Bonchev–Trinajstić information content (AvgIpc) is 3.08. The van der Waals surface area contributed by atoms with Crippen LogP contribution in [0.4, 0.5) is 5.95 Å². The molecule has 4 heteroatoms. The SMILES string of the molecule is COc1ccc2nc(N)n(C(C)CC3CC3)c2c1. The van der Waals surface area contributed by atoms with Gasteiger partial charge in [0.2, 0.25) is 5.95 Å². The number of aromatic nitrogens is 2. The minimum absolute atomic E-state index is 0.398. The highest BCUT2D eigenvalue weighted by molar-refractivity contribution is 5.80. The van der Waals surface area contributed by atoms with Crippen LogP contribution in [0.25, 0.3) is 11.0 Å².